The van der Waals surface area contributed by atoms with Crippen molar-refractivity contribution in [1.82, 2.24) is 15.1 Å². The lowest BCUT2D eigenvalue weighted by Gasteiger charge is -2.27. The molecule has 0 radical (unpaired) electrons. The van der Waals surface area contributed by atoms with Crippen LogP contribution in [0.25, 0.3) is 11.3 Å². The van der Waals surface area contributed by atoms with Crippen LogP contribution in [0.1, 0.15) is 30.2 Å². The molecule has 1 aliphatic rings. The summed E-state index contributed by atoms with van der Waals surface area (Å²) in [4.78, 5) is 14.6. The van der Waals surface area contributed by atoms with Gasteiger partial charge >= 0.3 is 0 Å². The first-order valence-corrected chi connectivity index (χ1v) is 10.3. The monoisotopic (exact) mass is 409 g/mol. The first-order valence-electron chi connectivity index (χ1n) is 9.95. The molecule has 6 heteroatoms. The molecule has 0 fully saturated rings. The fourth-order valence-electron chi connectivity index (χ4n) is 3.66. The van der Waals surface area contributed by atoms with Gasteiger partial charge in [0.05, 0.1) is 5.69 Å². The first kappa shape index (κ1) is 19.5. The van der Waals surface area contributed by atoms with Crippen molar-refractivity contribution >= 4 is 17.5 Å². The molecular formula is C23H24ClN3O2. The summed E-state index contributed by atoms with van der Waals surface area (Å²) in [5.74, 6) is 0.699. The number of nitrogens with zero attached hydrogens (tertiary/aromatic N) is 2. The van der Waals surface area contributed by atoms with Crippen LogP contribution in [0.3, 0.4) is 0 Å². The summed E-state index contributed by atoms with van der Waals surface area (Å²) in [5, 5.41) is 8.25. The zero-order valence-corrected chi connectivity index (χ0v) is 17.2. The lowest BCUT2D eigenvalue weighted by molar-refractivity contribution is -0.134. The molecule has 3 aromatic rings. The van der Waals surface area contributed by atoms with Crippen molar-refractivity contribution in [2.45, 2.75) is 32.7 Å². The maximum Gasteiger partial charge on any atom is 0.260 e. The van der Waals surface area contributed by atoms with E-state index in [1.54, 1.807) is 0 Å². The van der Waals surface area contributed by atoms with Crippen LogP contribution in [0, 0.1) is 0 Å². The molecule has 0 aliphatic carbocycles. The highest BCUT2D eigenvalue weighted by molar-refractivity contribution is 6.30. The minimum atomic E-state index is -0.0217. The van der Waals surface area contributed by atoms with Gasteiger partial charge in [0, 0.05) is 41.4 Å². The van der Waals surface area contributed by atoms with E-state index in [1.165, 1.54) is 5.56 Å². The third-order valence-electron chi connectivity index (χ3n) is 5.21. The van der Waals surface area contributed by atoms with Crippen molar-refractivity contribution in [2.75, 3.05) is 13.2 Å². The Hall–Kier alpha value is -2.79. The molecule has 0 bridgehead atoms. The van der Waals surface area contributed by atoms with Crippen LogP contribution in [0.5, 0.6) is 5.75 Å². The lowest BCUT2D eigenvalue weighted by atomic mass is 10.0. The molecule has 0 unspecified atom stereocenters. The van der Waals surface area contributed by atoms with Gasteiger partial charge in [-0.1, -0.05) is 49.2 Å². The Kier molecular flexibility index (Phi) is 5.86. The van der Waals surface area contributed by atoms with Gasteiger partial charge in [-0.3, -0.25) is 9.89 Å². The van der Waals surface area contributed by atoms with Gasteiger partial charge in [0.25, 0.3) is 5.91 Å². The Labute approximate surface area is 175 Å². The van der Waals surface area contributed by atoms with Gasteiger partial charge in [0.2, 0.25) is 0 Å². The second-order valence-electron chi connectivity index (χ2n) is 7.29. The molecular weight excluding hydrogens is 386 g/mol. The molecule has 4 rings (SSSR count). The third kappa shape index (κ3) is 4.46. The van der Waals surface area contributed by atoms with Gasteiger partial charge < -0.3 is 9.64 Å². The molecule has 1 amide bonds. The van der Waals surface area contributed by atoms with Crippen molar-refractivity contribution in [3.8, 4) is 17.0 Å². The van der Waals surface area contributed by atoms with E-state index in [4.69, 9.17) is 16.3 Å². The molecule has 1 aliphatic heterocycles. The molecule has 0 atom stereocenters. The predicted octanol–water partition coefficient (Wildman–Crippen LogP) is 4.65. The fraction of sp³-hybridized carbons (Fsp3) is 0.304. The third-order valence-corrected chi connectivity index (χ3v) is 5.44. The SMILES string of the molecule is CCCc1ccc(OCC(=O)N2CCc3[nH]nc(-c4cccc(Cl)c4)c3C2)cc1. The Balaban J connectivity index is 1.41. The number of nitrogens with one attached hydrogen (secondary N) is 1. The van der Waals surface area contributed by atoms with Crippen LogP contribution >= 0.6 is 11.6 Å². The topological polar surface area (TPSA) is 58.2 Å². The highest BCUT2D eigenvalue weighted by Crippen LogP contribution is 2.29. The maximum atomic E-state index is 12.7. The fourth-order valence-corrected chi connectivity index (χ4v) is 3.85. The van der Waals surface area contributed by atoms with Crippen LogP contribution in [0.2, 0.25) is 5.02 Å². The molecule has 1 N–H and O–H groups in total. The molecule has 0 spiro atoms. The number of rotatable bonds is 6. The number of benzene rings is 2. The number of aromatic nitrogens is 2. The van der Waals surface area contributed by atoms with Crippen LogP contribution < -0.4 is 4.74 Å². The van der Waals surface area contributed by atoms with Crippen molar-refractivity contribution < 1.29 is 9.53 Å². The summed E-state index contributed by atoms with van der Waals surface area (Å²) in [6.07, 6.45) is 2.91. The number of carbonyl (C=O) groups excluding carboxylic acids is 1. The molecule has 1 aromatic heterocycles. The standard InChI is InChI=1S/C23H24ClN3O2/c1-2-4-16-7-9-19(10-8-16)29-15-22(28)27-12-11-21-20(14-27)23(26-25-21)17-5-3-6-18(24)13-17/h3,5-10,13H,2,4,11-12,14-15H2,1H3,(H,25,26). The molecule has 5 nitrogen and oxygen atoms in total. The average Bonchev–Trinajstić information content (AvgIpc) is 3.16. The van der Waals surface area contributed by atoms with Gasteiger partial charge in [-0.05, 0) is 36.2 Å². The second-order valence-corrected chi connectivity index (χ2v) is 7.72. The predicted molar refractivity (Wildman–Crippen MR) is 114 cm³/mol. The van der Waals surface area contributed by atoms with Crippen LogP contribution in [-0.2, 0) is 24.2 Å². The zero-order valence-electron chi connectivity index (χ0n) is 16.5. The Morgan fingerprint density at radius 3 is 2.83 bits per heavy atom. The zero-order chi connectivity index (χ0) is 20.2. The number of fused-ring (bicyclic) bond motifs is 1. The molecule has 2 aromatic carbocycles. The van der Waals surface area contributed by atoms with Gasteiger partial charge in [-0.25, -0.2) is 0 Å². The van der Waals surface area contributed by atoms with Crippen LogP contribution in [0.15, 0.2) is 48.5 Å². The highest BCUT2D eigenvalue weighted by Gasteiger charge is 2.26. The number of carbonyl (C=O) groups is 1. The summed E-state index contributed by atoms with van der Waals surface area (Å²) < 4.78 is 5.72. The Morgan fingerprint density at radius 1 is 1.24 bits per heavy atom. The number of amides is 1. The number of ether oxygens (including phenoxy) is 1. The lowest BCUT2D eigenvalue weighted by Crippen LogP contribution is -2.38. The minimum Gasteiger partial charge on any atom is -0.484 e. The van der Waals surface area contributed by atoms with E-state index in [-0.39, 0.29) is 12.5 Å². The Morgan fingerprint density at radius 2 is 2.07 bits per heavy atom. The molecule has 0 saturated heterocycles. The van der Waals surface area contributed by atoms with Crippen molar-refractivity contribution in [3.05, 3.63) is 70.4 Å². The Bertz CT molecular complexity index is 998. The normalized spacial score (nSPS) is 13.2. The van der Waals surface area contributed by atoms with E-state index in [2.05, 4.69) is 29.3 Å². The van der Waals surface area contributed by atoms with E-state index < -0.39 is 0 Å². The van der Waals surface area contributed by atoms with Gasteiger partial charge in [0.1, 0.15) is 5.75 Å². The quantitative estimate of drug-likeness (QED) is 0.644. The van der Waals surface area contributed by atoms with Crippen LogP contribution in [0.4, 0.5) is 0 Å². The summed E-state index contributed by atoms with van der Waals surface area (Å²) in [5.41, 5.74) is 5.22. The maximum absolute atomic E-state index is 12.7. The van der Waals surface area contributed by atoms with Gasteiger partial charge in [-0.15, -0.1) is 0 Å². The summed E-state index contributed by atoms with van der Waals surface area (Å²) >= 11 is 6.13. The van der Waals surface area contributed by atoms with E-state index in [0.29, 0.717) is 18.1 Å². The van der Waals surface area contributed by atoms with E-state index >= 15 is 0 Å². The van der Waals surface area contributed by atoms with E-state index in [1.807, 2.05) is 41.3 Å². The summed E-state index contributed by atoms with van der Waals surface area (Å²) in [7, 11) is 0. The van der Waals surface area contributed by atoms with Gasteiger partial charge in [-0.2, -0.15) is 5.10 Å². The molecule has 0 saturated carbocycles. The summed E-state index contributed by atoms with van der Waals surface area (Å²) in [6.45, 7) is 3.37. The number of halogens is 1. The van der Waals surface area contributed by atoms with Crippen molar-refractivity contribution in [1.29, 1.82) is 0 Å². The largest absolute Gasteiger partial charge is 0.484 e. The van der Waals surface area contributed by atoms with E-state index in [9.17, 15) is 4.79 Å². The number of H-pyrrole nitrogens is 1. The molecule has 150 valence electrons. The highest BCUT2D eigenvalue weighted by atomic mass is 35.5. The smallest absolute Gasteiger partial charge is 0.260 e. The number of aromatic amines is 1. The second kappa shape index (κ2) is 8.70. The van der Waals surface area contributed by atoms with Gasteiger partial charge in [0.15, 0.2) is 6.61 Å². The molecule has 2 heterocycles. The number of aryl methyl sites for hydroxylation is 1. The summed E-state index contributed by atoms with van der Waals surface area (Å²) in [6, 6.07) is 15.6. The molecule has 29 heavy (non-hydrogen) atoms. The first-order chi connectivity index (χ1) is 14.1. The van der Waals surface area contributed by atoms with E-state index in [0.717, 1.165) is 47.5 Å². The van der Waals surface area contributed by atoms with Crippen molar-refractivity contribution in [2.24, 2.45) is 0 Å². The average molecular weight is 410 g/mol. The van der Waals surface area contributed by atoms with Crippen LogP contribution in [-0.4, -0.2) is 34.2 Å². The van der Waals surface area contributed by atoms with Crippen molar-refractivity contribution in [3.63, 3.8) is 0 Å². The number of hydrogen-bond acceptors (Lipinski definition) is 3. The minimum absolute atomic E-state index is 0.0217. The number of hydrogen-bond donors (Lipinski definition) is 1.